The number of pyridine rings is 2. The van der Waals surface area contributed by atoms with E-state index in [9.17, 15) is 14.7 Å². The summed E-state index contributed by atoms with van der Waals surface area (Å²) in [6.07, 6.45) is 6.80. The van der Waals surface area contributed by atoms with Crippen molar-refractivity contribution < 1.29 is 28.9 Å². The normalized spacial score (nSPS) is 23.2. The van der Waals surface area contributed by atoms with E-state index >= 15 is 0 Å². The van der Waals surface area contributed by atoms with Crippen LogP contribution in [0.1, 0.15) is 79.7 Å². The molecule has 4 atom stereocenters. The summed E-state index contributed by atoms with van der Waals surface area (Å²) >= 11 is 14.0. The number of methoxy groups -OCH3 is 2. The second-order valence-corrected chi connectivity index (χ2v) is 16.2. The van der Waals surface area contributed by atoms with Gasteiger partial charge in [0.15, 0.2) is 0 Å². The molecule has 1 aliphatic heterocycles. The van der Waals surface area contributed by atoms with Crippen LogP contribution in [0.5, 0.6) is 17.6 Å². The maximum absolute atomic E-state index is 12.5. The smallest absolute Gasteiger partial charge is 0.324 e. The molecule has 2 N–H and O–H groups in total. The first-order valence-electron chi connectivity index (χ1n) is 19.2. The van der Waals surface area contributed by atoms with Crippen LogP contribution in [-0.4, -0.2) is 64.6 Å². The largest absolute Gasteiger partial charge is 0.481 e. The molecule has 2 unspecified atom stereocenters. The van der Waals surface area contributed by atoms with Crippen LogP contribution < -0.4 is 19.5 Å². The number of rotatable bonds is 13. The monoisotopic (exact) mass is 784 g/mol. The number of Topliss-reactive ketones (excluding diaryl/α,β-unsaturated/α-hetero) is 1. The van der Waals surface area contributed by atoms with E-state index in [1.807, 2.05) is 42.5 Å². The summed E-state index contributed by atoms with van der Waals surface area (Å²) in [7, 11) is 3.19. The van der Waals surface area contributed by atoms with Gasteiger partial charge in [-0.05, 0) is 85.7 Å². The van der Waals surface area contributed by atoms with E-state index in [0.717, 1.165) is 84.1 Å². The fourth-order valence-corrected chi connectivity index (χ4v) is 9.93. The highest BCUT2D eigenvalue weighted by atomic mass is 35.5. The van der Waals surface area contributed by atoms with E-state index in [-0.39, 0.29) is 12.0 Å². The Morgan fingerprint density at radius 1 is 0.945 bits per heavy atom. The van der Waals surface area contributed by atoms with Gasteiger partial charge >= 0.3 is 5.97 Å². The number of nitrogens with one attached hydrogen (secondary N) is 1. The first-order valence-corrected chi connectivity index (χ1v) is 20.0. The van der Waals surface area contributed by atoms with E-state index < -0.39 is 11.5 Å². The topological polar surface area (TPSA) is 123 Å². The highest BCUT2D eigenvalue weighted by Crippen LogP contribution is 2.47. The van der Waals surface area contributed by atoms with Gasteiger partial charge in [-0.25, -0.2) is 4.98 Å². The Morgan fingerprint density at radius 3 is 2.51 bits per heavy atom. The molecule has 8 rings (SSSR count). The zero-order valence-corrected chi connectivity index (χ0v) is 32.7. The molecular formula is C43H46Cl2N4O6. The number of aliphatic carboxylic acids is 1. The molecule has 288 valence electrons. The molecule has 1 saturated heterocycles. The molecule has 2 aromatic heterocycles. The SMILES string of the molecule is COc1nc(-c2cccc(-c3cccc4c3CC[C@@H]4Oc3nc(OC)c(CN4CC5CCCC4(C(=O)O)C5)cc3Cl)c2Cl)ccc1CNC[C@@H]1CCC(=O)C1. The van der Waals surface area contributed by atoms with Crippen molar-refractivity contribution in [2.45, 2.75) is 82.5 Å². The number of nitrogens with zero attached hydrogens (tertiary/aromatic N) is 3. The van der Waals surface area contributed by atoms with Gasteiger partial charge in [-0.1, -0.05) is 72.1 Å². The number of ether oxygens (including phenoxy) is 3. The van der Waals surface area contributed by atoms with E-state index in [4.69, 9.17) is 47.4 Å². The predicted molar refractivity (Wildman–Crippen MR) is 211 cm³/mol. The Bertz CT molecular complexity index is 2130. The highest BCUT2D eigenvalue weighted by Gasteiger charge is 2.53. The number of hydrogen-bond acceptors (Lipinski definition) is 9. The maximum Gasteiger partial charge on any atom is 0.324 e. The average Bonchev–Trinajstić information content (AvgIpc) is 3.87. The van der Waals surface area contributed by atoms with Crippen LogP contribution in [-0.2, 0) is 29.1 Å². The van der Waals surface area contributed by atoms with Gasteiger partial charge in [0.05, 0.1) is 24.9 Å². The number of aromatic nitrogens is 2. The summed E-state index contributed by atoms with van der Waals surface area (Å²) in [5.74, 6) is 1.56. The third-order valence-electron chi connectivity index (χ3n) is 12.1. The number of halogens is 2. The number of carbonyl (C=O) groups excluding carboxylic acids is 1. The summed E-state index contributed by atoms with van der Waals surface area (Å²) < 4.78 is 18.0. The minimum atomic E-state index is -0.853. The number of likely N-dealkylation sites (tertiary alicyclic amines) is 1. The number of carboxylic acid groups (broad SMARTS) is 1. The predicted octanol–water partition coefficient (Wildman–Crippen LogP) is 8.49. The lowest BCUT2D eigenvalue weighted by Gasteiger charge is -2.35. The lowest BCUT2D eigenvalue weighted by Crippen LogP contribution is -2.50. The molecule has 3 aliphatic carbocycles. The molecule has 4 aromatic rings. The molecule has 12 heteroatoms. The van der Waals surface area contributed by atoms with Gasteiger partial charge in [0.2, 0.25) is 17.6 Å². The minimum Gasteiger partial charge on any atom is -0.481 e. The van der Waals surface area contributed by atoms with E-state index in [1.165, 1.54) is 0 Å². The van der Waals surface area contributed by atoms with Gasteiger partial charge in [-0.2, -0.15) is 4.98 Å². The number of hydrogen-bond donors (Lipinski definition) is 2. The second-order valence-electron chi connectivity index (χ2n) is 15.5. The molecule has 3 heterocycles. The molecular weight excluding hydrogens is 739 g/mol. The van der Waals surface area contributed by atoms with Crippen molar-refractivity contribution >= 4 is 35.0 Å². The third kappa shape index (κ3) is 7.30. The molecule has 55 heavy (non-hydrogen) atoms. The summed E-state index contributed by atoms with van der Waals surface area (Å²) in [5.41, 5.74) is 6.49. The number of carboxylic acids is 1. The molecule has 2 aromatic carbocycles. The van der Waals surface area contributed by atoms with Crippen LogP contribution in [0.3, 0.4) is 0 Å². The van der Waals surface area contributed by atoms with Crippen LogP contribution in [0.15, 0.2) is 54.6 Å². The van der Waals surface area contributed by atoms with Crippen molar-refractivity contribution in [2.24, 2.45) is 11.8 Å². The molecule has 0 radical (unpaired) electrons. The second kappa shape index (κ2) is 15.7. The van der Waals surface area contributed by atoms with Gasteiger partial charge in [0, 0.05) is 54.7 Å². The average molecular weight is 786 g/mol. The molecule has 2 bridgehead atoms. The zero-order chi connectivity index (χ0) is 38.3. The van der Waals surface area contributed by atoms with Crippen molar-refractivity contribution in [3.63, 3.8) is 0 Å². The highest BCUT2D eigenvalue weighted by molar-refractivity contribution is 6.36. The first kappa shape index (κ1) is 37.7. The first-order chi connectivity index (χ1) is 26.7. The Morgan fingerprint density at radius 2 is 1.73 bits per heavy atom. The lowest BCUT2D eigenvalue weighted by molar-refractivity contribution is -0.151. The van der Waals surface area contributed by atoms with Crippen molar-refractivity contribution in [1.29, 1.82) is 0 Å². The van der Waals surface area contributed by atoms with Crippen LogP contribution in [0.25, 0.3) is 22.4 Å². The Balaban J connectivity index is 1.00. The minimum absolute atomic E-state index is 0.283. The van der Waals surface area contributed by atoms with E-state index in [0.29, 0.717) is 83.9 Å². The Labute approximate surface area is 331 Å². The third-order valence-corrected chi connectivity index (χ3v) is 12.8. The van der Waals surface area contributed by atoms with Crippen LogP contribution in [0.2, 0.25) is 10.0 Å². The fraction of sp³-hybridized carbons (Fsp3) is 0.442. The lowest BCUT2D eigenvalue weighted by atomic mass is 9.80. The standard InChI is InChI=1S/C43H46Cl2N4O6/c1-53-39-27(22-46-21-25-11-13-29(50)18-25)12-15-36(47-39)34-10-4-9-33(38(34)45)30-7-3-8-32-31(30)14-16-37(32)55-41-35(44)19-28(40(48-41)54-2)24-49-23-26-6-5-17-43(49,20-26)42(51)52/h3-4,7-10,12,15,19,25-26,37,46H,5-6,11,13-14,16-18,20-24H2,1-2H3,(H,51,52)/t25-,26?,37+,43?/m1/s1. The quantitative estimate of drug-likeness (QED) is 0.137. The van der Waals surface area contributed by atoms with Crippen molar-refractivity contribution in [1.82, 2.24) is 20.2 Å². The van der Waals surface area contributed by atoms with Crippen LogP contribution in [0.4, 0.5) is 0 Å². The molecule has 0 spiro atoms. The maximum atomic E-state index is 12.5. The number of carbonyl (C=O) groups is 2. The summed E-state index contributed by atoms with van der Waals surface area (Å²) in [6, 6.07) is 18.0. The molecule has 0 amide bonds. The molecule has 2 saturated carbocycles. The number of ketones is 1. The van der Waals surface area contributed by atoms with E-state index in [2.05, 4.69) is 22.3 Å². The van der Waals surface area contributed by atoms with Gasteiger partial charge in [0.25, 0.3) is 0 Å². The summed E-state index contributed by atoms with van der Waals surface area (Å²) in [5, 5.41) is 14.7. The Hall–Kier alpha value is -4.22. The Kier molecular flexibility index (Phi) is 10.8. The van der Waals surface area contributed by atoms with Crippen LogP contribution >= 0.6 is 23.2 Å². The van der Waals surface area contributed by atoms with Gasteiger partial charge in [-0.15, -0.1) is 0 Å². The van der Waals surface area contributed by atoms with Gasteiger partial charge < -0.3 is 24.6 Å². The van der Waals surface area contributed by atoms with E-state index in [1.54, 1.807) is 14.2 Å². The zero-order valence-electron chi connectivity index (χ0n) is 31.2. The van der Waals surface area contributed by atoms with Crippen molar-refractivity contribution in [3.8, 4) is 40.0 Å². The van der Waals surface area contributed by atoms with Crippen molar-refractivity contribution in [2.75, 3.05) is 27.3 Å². The molecule has 10 nitrogen and oxygen atoms in total. The van der Waals surface area contributed by atoms with Crippen molar-refractivity contribution in [3.05, 3.63) is 86.9 Å². The number of fused-ring (bicyclic) bond motifs is 3. The van der Waals surface area contributed by atoms with Crippen LogP contribution in [0, 0.1) is 11.8 Å². The van der Waals surface area contributed by atoms with Gasteiger partial charge in [-0.3, -0.25) is 14.5 Å². The summed E-state index contributed by atoms with van der Waals surface area (Å²) in [6.45, 7) is 2.51. The number of benzene rings is 2. The van der Waals surface area contributed by atoms with Gasteiger partial charge in [0.1, 0.15) is 22.4 Å². The summed E-state index contributed by atoms with van der Waals surface area (Å²) in [4.78, 5) is 35.8. The molecule has 4 aliphatic rings. The molecule has 3 fully saturated rings. The fourth-order valence-electron chi connectivity index (χ4n) is 9.38.